The van der Waals surface area contributed by atoms with Crippen molar-refractivity contribution in [1.82, 2.24) is 9.54 Å². The molecule has 3 aromatic rings. The zero-order valence-corrected chi connectivity index (χ0v) is 11.4. The average molecular weight is 268 g/mol. The quantitative estimate of drug-likeness (QED) is 0.714. The van der Waals surface area contributed by atoms with E-state index in [-0.39, 0.29) is 0 Å². The highest BCUT2D eigenvalue weighted by atomic mass is 31.0. The molecule has 0 saturated heterocycles. The first-order valence-electron chi connectivity index (χ1n) is 5.99. The molecule has 1 aromatic heterocycles. The van der Waals surface area contributed by atoms with E-state index in [2.05, 4.69) is 23.0 Å². The first-order chi connectivity index (χ1) is 9.36. The Kier molecular flexibility index (Phi) is 3.30. The summed E-state index contributed by atoms with van der Waals surface area (Å²) in [6.45, 7) is 0. The van der Waals surface area contributed by atoms with Gasteiger partial charge >= 0.3 is 0 Å². The van der Waals surface area contributed by atoms with Gasteiger partial charge in [-0.1, -0.05) is 18.2 Å². The predicted octanol–water partition coefficient (Wildman–Crippen LogP) is 4.13. The van der Waals surface area contributed by atoms with Gasteiger partial charge in [0.1, 0.15) is 5.75 Å². The minimum absolute atomic E-state index is 0.861. The number of para-hydroxylation sites is 1. The molecule has 0 aliphatic carbocycles. The van der Waals surface area contributed by atoms with E-state index < -0.39 is 0 Å². The number of ether oxygens (including phenoxy) is 1. The number of rotatable bonds is 3. The summed E-state index contributed by atoms with van der Waals surface area (Å²) in [5, 5.41) is 4.63. The van der Waals surface area contributed by atoms with Gasteiger partial charge in [0, 0.05) is 19.7 Å². The van der Waals surface area contributed by atoms with E-state index >= 15 is 0 Å². The molecule has 0 spiro atoms. The Morgan fingerprint density at radius 1 is 1.00 bits per heavy atom. The van der Waals surface area contributed by atoms with Crippen molar-refractivity contribution in [2.24, 2.45) is 0 Å². The lowest BCUT2D eigenvalue weighted by Crippen LogP contribution is -1.91. The first kappa shape index (κ1) is 11.9. The van der Waals surface area contributed by atoms with Crippen LogP contribution >= 0.6 is 8.35 Å². The van der Waals surface area contributed by atoms with Crippen molar-refractivity contribution < 1.29 is 4.74 Å². The fraction of sp³-hybridized carbons (Fsp3) is 0.0667. The van der Waals surface area contributed by atoms with Gasteiger partial charge in [0.15, 0.2) is 0 Å². The van der Waals surface area contributed by atoms with Crippen molar-refractivity contribution in [3.05, 3.63) is 60.4 Å². The van der Waals surface area contributed by atoms with Crippen LogP contribution in [0.1, 0.15) is 0 Å². The number of benzene rings is 2. The summed E-state index contributed by atoms with van der Waals surface area (Å²) in [4.78, 5) is 0. The normalized spacial score (nSPS) is 10.8. The summed E-state index contributed by atoms with van der Waals surface area (Å²) < 4.78 is 7.13. The Morgan fingerprint density at radius 2 is 1.74 bits per heavy atom. The van der Waals surface area contributed by atoms with Crippen LogP contribution in [-0.4, -0.2) is 16.7 Å². The minimum atomic E-state index is 0.861. The van der Waals surface area contributed by atoms with Crippen LogP contribution in [0.5, 0.6) is 5.75 Å². The third kappa shape index (κ3) is 2.51. The molecule has 94 valence electrons. The Labute approximate surface area is 113 Å². The zero-order chi connectivity index (χ0) is 13.1. The van der Waals surface area contributed by atoms with E-state index in [1.54, 1.807) is 7.11 Å². The summed E-state index contributed by atoms with van der Waals surface area (Å²) in [7, 11) is 2.74. The third-order valence-corrected chi connectivity index (χ3v) is 3.76. The monoisotopic (exact) mass is 268 g/mol. The molecule has 0 amide bonds. The number of methoxy groups -OCH3 is 1. The smallest absolute Gasteiger partial charge is 0.118 e. The van der Waals surface area contributed by atoms with Gasteiger partial charge in [0.2, 0.25) is 0 Å². The van der Waals surface area contributed by atoms with E-state index in [1.807, 2.05) is 46.9 Å². The second-order valence-corrected chi connectivity index (χ2v) is 4.95. The summed E-state index contributed by atoms with van der Waals surface area (Å²) in [6, 6.07) is 18.1. The molecule has 0 saturated carbocycles. The highest BCUT2D eigenvalue weighted by Gasteiger charge is 2.04. The highest BCUT2D eigenvalue weighted by Crippen LogP contribution is 2.25. The number of aromatic nitrogens is 2. The lowest BCUT2D eigenvalue weighted by atomic mass is 10.2. The number of hydrogen-bond donors (Lipinski definition) is 0. The van der Waals surface area contributed by atoms with Crippen molar-refractivity contribution in [1.29, 1.82) is 0 Å². The maximum atomic E-state index is 5.16. The van der Waals surface area contributed by atoms with Crippen LogP contribution in [0.3, 0.4) is 0 Å². The largest absolute Gasteiger partial charge is 0.497 e. The van der Waals surface area contributed by atoms with Crippen LogP contribution in [0.4, 0.5) is 0 Å². The van der Waals surface area contributed by atoms with Gasteiger partial charge in [-0.3, -0.25) is 0 Å². The molecule has 0 N–H and O–H groups in total. The van der Waals surface area contributed by atoms with Crippen molar-refractivity contribution in [2.45, 2.75) is 0 Å². The van der Waals surface area contributed by atoms with E-state index in [4.69, 9.17) is 4.74 Å². The molecule has 0 fully saturated rings. The number of hydrogen-bond acceptors (Lipinski definition) is 2. The highest BCUT2D eigenvalue weighted by molar-refractivity contribution is 7.25. The van der Waals surface area contributed by atoms with E-state index in [0.29, 0.717) is 0 Å². The summed E-state index contributed by atoms with van der Waals surface area (Å²) in [5.74, 6) is 2.97. The molecule has 4 heteroatoms. The summed E-state index contributed by atoms with van der Waals surface area (Å²) in [6.07, 6.45) is 0. The lowest BCUT2D eigenvalue weighted by molar-refractivity contribution is 0.415. The maximum Gasteiger partial charge on any atom is 0.118 e. The molecule has 0 aliphatic rings. The molecule has 0 bridgehead atoms. The summed E-state index contributed by atoms with van der Waals surface area (Å²) in [5.41, 5.74) is 3.20. The summed E-state index contributed by atoms with van der Waals surface area (Å²) >= 11 is 0. The predicted molar refractivity (Wildman–Crippen MR) is 78.1 cm³/mol. The molecule has 0 unspecified atom stereocenters. The first-order valence-corrected chi connectivity index (χ1v) is 6.90. The topological polar surface area (TPSA) is 27.1 Å². The molecule has 0 aliphatic heterocycles. The Balaban J connectivity index is 1.92. The minimum Gasteiger partial charge on any atom is -0.497 e. The van der Waals surface area contributed by atoms with E-state index in [9.17, 15) is 0 Å². The molecule has 1 heterocycles. The molecular weight excluding hydrogens is 255 g/mol. The lowest BCUT2D eigenvalue weighted by Gasteiger charge is -2.01. The number of nitrogens with zero attached hydrogens (tertiary/aromatic N) is 2. The van der Waals surface area contributed by atoms with E-state index in [0.717, 1.165) is 31.0 Å². The van der Waals surface area contributed by atoms with Gasteiger partial charge in [0.25, 0.3) is 0 Å². The SMILES string of the molecule is COc1ccc(-c2cpn(-c3ccccc3)n2)cc1. The van der Waals surface area contributed by atoms with Crippen LogP contribution in [0, 0.1) is 0 Å². The van der Waals surface area contributed by atoms with Crippen LogP contribution in [0.25, 0.3) is 16.9 Å². The van der Waals surface area contributed by atoms with Gasteiger partial charge in [-0.05, 0) is 36.4 Å². The second-order valence-electron chi connectivity index (χ2n) is 4.08. The van der Waals surface area contributed by atoms with Gasteiger partial charge in [-0.25, -0.2) is 4.44 Å². The average Bonchev–Trinajstić information content (AvgIpc) is 2.98. The third-order valence-electron chi connectivity index (χ3n) is 2.86. The van der Waals surface area contributed by atoms with Gasteiger partial charge in [0.05, 0.1) is 18.5 Å². The van der Waals surface area contributed by atoms with Crippen LogP contribution in [0.15, 0.2) is 60.4 Å². The molecule has 0 radical (unpaired) electrons. The van der Waals surface area contributed by atoms with Crippen molar-refractivity contribution in [3.8, 4) is 22.7 Å². The Morgan fingerprint density at radius 3 is 2.42 bits per heavy atom. The molecule has 19 heavy (non-hydrogen) atoms. The van der Waals surface area contributed by atoms with Crippen molar-refractivity contribution in [3.63, 3.8) is 0 Å². The van der Waals surface area contributed by atoms with Crippen LogP contribution in [0.2, 0.25) is 0 Å². The standard InChI is InChI=1S/C15H13N2OP/c1-18-14-9-7-12(8-10-14)15-11-19-17(16-15)13-5-3-2-4-6-13/h2-11H,1H3. The van der Waals surface area contributed by atoms with Gasteiger partial charge < -0.3 is 4.74 Å². The van der Waals surface area contributed by atoms with Crippen LogP contribution in [-0.2, 0) is 0 Å². The second kappa shape index (κ2) is 5.25. The fourth-order valence-electron chi connectivity index (χ4n) is 1.84. The molecule has 2 aromatic carbocycles. The molecule has 3 nitrogen and oxygen atoms in total. The zero-order valence-electron chi connectivity index (χ0n) is 10.5. The molecule has 3 rings (SSSR count). The van der Waals surface area contributed by atoms with Gasteiger partial charge in [-0.15, -0.1) is 0 Å². The van der Waals surface area contributed by atoms with Gasteiger partial charge in [-0.2, -0.15) is 5.10 Å². The Hall–Kier alpha value is -2.12. The molecular formula is C15H13N2OP. The van der Waals surface area contributed by atoms with Crippen molar-refractivity contribution >= 4 is 8.35 Å². The van der Waals surface area contributed by atoms with Crippen molar-refractivity contribution in [2.75, 3.05) is 7.11 Å². The van der Waals surface area contributed by atoms with Crippen LogP contribution < -0.4 is 4.74 Å². The molecule has 0 atom stereocenters. The maximum absolute atomic E-state index is 5.16. The van der Waals surface area contributed by atoms with E-state index in [1.165, 1.54) is 0 Å². The fourth-order valence-corrected chi connectivity index (χ4v) is 2.68. The Bertz CT molecular complexity index is 662.